The Labute approximate surface area is 169 Å². The number of ether oxygens (including phenoxy) is 1. The van der Waals surface area contributed by atoms with Crippen LogP contribution >= 0.6 is 0 Å². The van der Waals surface area contributed by atoms with Crippen LogP contribution in [0.15, 0.2) is 42.5 Å². The number of nitrogens with one attached hydrogen (secondary N) is 3. The standard InChI is InChI=1S/C22H25N3O4/c1-12(2)19(25-21(27)16-8-6-5-7-13(16)3)22(28)23-15-9-10-18-17(11-15)24-20(26)14(4)29-18/h5-12,14,19H,1-4H3,(H,23,28)(H,24,26)(H,25,27)/t14-,19+/m1/s1. The molecule has 2 atom stereocenters. The summed E-state index contributed by atoms with van der Waals surface area (Å²) < 4.78 is 5.52. The number of amides is 3. The Bertz CT molecular complexity index is 955. The van der Waals surface area contributed by atoms with Crippen LogP contribution in [0, 0.1) is 12.8 Å². The van der Waals surface area contributed by atoms with E-state index in [1.54, 1.807) is 37.3 Å². The van der Waals surface area contributed by atoms with Gasteiger partial charge in [-0.3, -0.25) is 14.4 Å². The lowest BCUT2D eigenvalue weighted by atomic mass is 10.0. The monoisotopic (exact) mass is 395 g/mol. The smallest absolute Gasteiger partial charge is 0.265 e. The van der Waals surface area contributed by atoms with Crippen molar-refractivity contribution < 1.29 is 19.1 Å². The summed E-state index contributed by atoms with van der Waals surface area (Å²) in [5, 5.41) is 8.38. The highest BCUT2D eigenvalue weighted by molar-refractivity contribution is 6.03. The predicted octanol–water partition coefficient (Wildman–Crippen LogP) is 3.11. The summed E-state index contributed by atoms with van der Waals surface area (Å²) in [5.74, 6) is -0.449. The fraction of sp³-hybridized carbons (Fsp3) is 0.318. The Kier molecular flexibility index (Phi) is 5.87. The zero-order chi connectivity index (χ0) is 21.1. The van der Waals surface area contributed by atoms with Crippen molar-refractivity contribution in [3.63, 3.8) is 0 Å². The molecule has 29 heavy (non-hydrogen) atoms. The number of hydrogen-bond acceptors (Lipinski definition) is 4. The van der Waals surface area contributed by atoms with E-state index in [0.29, 0.717) is 22.7 Å². The normalized spacial score (nSPS) is 16.3. The topological polar surface area (TPSA) is 96.5 Å². The van der Waals surface area contributed by atoms with E-state index in [1.165, 1.54) is 0 Å². The van der Waals surface area contributed by atoms with E-state index in [9.17, 15) is 14.4 Å². The van der Waals surface area contributed by atoms with Crippen molar-refractivity contribution >= 4 is 29.1 Å². The van der Waals surface area contributed by atoms with Crippen LogP contribution in [0.3, 0.4) is 0 Å². The molecule has 0 radical (unpaired) electrons. The first-order chi connectivity index (χ1) is 13.8. The Morgan fingerprint density at radius 3 is 2.55 bits per heavy atom. The molecule has 0 fully saturated rings. The van der Waals surface area contributed by atoms with E-state index >= 15 is 0 Å². The zero-order valence-corrected chi connectivity index (χ0v) is 16.9. The zero-order valence-electron chi connectivity index (χ0n) is 16.9. The molecule has 1 aliphatic rings. The minimum absolute atomic E-state index is 0.121. The number of fused-ring (bicyclic) bond motifs is 1. The third kappa shape index (κ3) is 4.56. The molecular weight excluding hydrogens is 370 g/mol. The highest BCUT2D eigenvalue weighted by Gasteiger charge is 2.27. The van der Waals surface area contributed by atoms with Crippen molar-refractivity contribution in [1.82, 2.24) is 5.32 Å². The van der Waals surface area contributed by atoms with E-state index in [-0.39, 0.29) is 23.6 Å². The van der Waals surface area contributed by atoms with Gasteiger partial charge in [-0.15, -0.1) is 0 Å². The number of carbonyl (C=O) groups excluding carboxylic acids is 3. The van der Waals surface area contributed by atoms with Crippen LogP contribution in [-0.2, 0) is 9.59 Å². The predicted molar refractivity (Wildman–Crippen MR) is 111 cm³/mol. The number of carbonyl (C=O) groups is 3. The molecule has 0 saturated carbocycles. The van der Waals surface area contributed by atoms with Gasteiger partial charge in [-0.1, -0.05) is 32.0 Å². The summed E-state index contributed by atoms with van der Waals surface area (Å²) in [4.78, 5) is 37.3. The summed E-state index contributed by atoms with van der Waals surface area (Å²) in [6, 6.07) is 11.5. The second-order valence-electron chi connectivity index (χ2n) is 7.46. The molecule has 1 heterocycles. The van der Waals surface area contributed by atoms with Crippen LogP contribution in [-0.4, -0.2) is 29.9 Å². The van der Waals surface area contributed by atoms with Gasteiger partial charge in [-0.25, -0.2) is 0 Å². The lowest BCUT2D eigenvalue weighted by molar-refractivity contribution is -0.122. The van der Waals surface area contributed by atoms with Gasteiger partial charge in [0.2, 0.25) is 5.91 Å². The lowest BCUT2D eigenvalue weighted by Gasteiger charge is -2.25. The lowest BCUT2D eigenvalue weighted by Crippen LogP contribution is -2.47. The maximum atomic E-state index is 12.8. The average molecular weight is 395 g/mol. The Balaban J connectivity index is 1.74. The van der Waals surface area contributed by atoms with Crippen molar-refractivity contribution in [2.75, 3.05) is 10.6 Å². The fourth-order valence-corrected chi connectivity index (χ4v) is 3.09. The molecule has 3 N–H and O–H groups in total. The molecule has 2 aromatic rings. The molecule has 3 amide bonds. The quantitative estimate of drug-likeness (QED) is 0.725. The van der Waals surface area contributed by atoms with Crippen LogP contribution in [0.1, 0.15) is 36.7 Å². The SMILES string of the molecule is Cc1ccccc1C(=O)N[C@H](C(=O)Nc1ccc2c(c1)NC(=O)[C@@H](C)O2)C(C)C. The van der Waals surface area contributed by atoms with E-state index < -0.39 is 12.1 Å². The second-order valence-corrected chi connectivity index (χ2v) is 7.46. The fourth-order valence-electron chi connectivity index (χ4n) is 3.09. The summed E-state index contributed by atoms with van der Waals surface area (Å²) >= 11 is 0. The highest BCUT2D eigenvalue weighted by Crippen LogP contribution is 2.32. The molecule has 0 bridgehead atoms. The van der Waals surface area contributed by atoms with Gasteiger partial charge in [0.1, 0.15) is 11.8 Å². The van der Waals surface area contributed by atoms with Crippen molar-refractivity contribution in [2.45, 2.75) is 39.8 Å². The van der Waals surface area contributed by atoms with Gasteiger partial charge in [-0.05, 0) is 49.6 Å². The summed E-state index contributed by atoms with van der Waals surface area (Å²) in [6.45, 7) is 7.25. The first-order valence-electron chi connectivity index (χ1n) is 9.55. The summed E-state index contributed by atoms with van der Waals surface area (Å²) in [7, 11) is 0. The molecule has 0 saturated heterocycles. The maximum Gasteiger partial charge on any atom is 0.265 e. The minimum Gasteiger partial charge on any atom is -0.479 e. The van der Waals surface area contributed by atoms with Gasteiger partial charge in [0.25, 0.3) is 11.8 Å². The molecule has 3 rings (SSSR count). The first-order valence-corrected chi connectivity index (χ1v) is 9.55. The maximum absolute atomic E-state index is 12.8. The van der Waals surface area contributed by atoms with Crippen LogP contribution in [0.2, 0.25) is 0 Å². The van der Waals surface area contributed by atoms with Gasteiger partial charge < -0.3 is 20.7 Å². The summed E-state index contributed by atoms with van der Waals surface area (Å²) in [6.07, 6.45) is -0.565. The van der Waals surface area contributed by atoms with Crippen molar-refractivity contribution in [3.8, 4) is 5.75 Å². The minimum atomic E-state index is -0.719. The molecule has 0 aromatic heterocycles. The van der Waals surface area contributed by atoms with Gasteiger partial charge in [0, 0.05) is 11.3 Å². The highest BCUT2D eigenvalue weighted by atomic mass is 16.5. The van der Waals surface area contributed by atoms with Crippen molar-refractivity contribution in [3.05, 3.63) is 53.6 Å². The molecule has 152 valence electrons. The number of rotatable bonds is 5. The molecular formula is C22H25N3O4. The van der Waals surface area contributed by atoms with Gasteiger partial charge in [0.15, 0.2) is 6.10 Å². The number of hydrogen-bond donors (Lipinski definition) is 3. The van der Waals surface area contributed by atoms with Crippen LogP contribution < -0.4 is 20.7 Å². The molecule has 2 aromatic carbocycles. The van der Waals surface area contributed by atoms with Crippen LogP contribution in [0.25, 0.3) is 0 Å². The summed E-state index contributed by atoms with van der Waals surface area (Å²) in [5.41, 5.74) is 2.38. The molecule has 7 nitrogen and oxygen atoms in total. The van der Waals surface area contributed by atoms with E-state index in [2.05, 4.69) is 16.0 Å². The third-order valence-electron chi connectivity index (χ3n) is 4.80. The Morgan fingerprint density at radius 2 is 1.86 bits per heavy atom. The van der Waals surface area contributed by atoms with Crippen molar-refractivity contribution in [2.24, 2.45) is 5.92 Å². The molecule has 7 heteroatoms. The molecule has 1 aliphatic heterocycles. The molecule has 0 unspecified atom stereocenters. The first kappa shape index (κ1) is 20.4. The van der Waals surface area contributed by atoms with E-state index in [1.807, 2.05) is 32.9 Å². The third-order valence-corrected chi connectivity index (χ3v) is 4.80. The van der Waals surface area contributed by atoms with Gasteiger partial charge in [-0.2, -0.15) is 0 Å². The largest absolute Gasteiger partial charge is 0.479 e. The van der Waals surface area contributed by atoms with Gasteiger partial charge >= 0.3 is 0 Å². The number of aryl methyl sites for hydroxylation is 1. The van der Waals surface area contributed by atoms with Gasteiger partial charge in [0.05, 0.1) is 5.69 Å². The van der Waals surface area contributed by atoms with E-state index in [0.717, 1.165) is 5.56 Å². The number of benzene rings is 2. The Hall–Kier alpha value is -3.35. The van der Waals surface area contributed by atoms with E-state index in [4.69, 9.17) is 4.74 Å². The molecule has 0 spiro atoms. The number of anilines is 2. The van der Waals surface area contributed by atoms with Crippen LogP contribution in [0.5, 0.6) is 5.75 Å². The second kappa shape index (κ2) is 8.34. The molecule has 0 aliphatic carbocycles. The Morgan fingerprint density at radius 1 is 1.14 bits per heavy atom. The van der Waals surface area contributed by atoms with Crippen molar-refractivity contribution in [1.29, 1.82) is 0 Å². The average Bonchev–Trinajstić information content (AvgIpc) is 2.67. The van der Waals surface area contributed by atoms with Crippen LogP contribution in [0.4, 0.5) is 11.4 Å².